The summed E-state index contributed by atoms with van der Waals surface area (Å²) in [6.07, 6.45) is 3.06. The fourth-order valence-electron chi connectivity index (χ4n) is 4.42. The number of carboxylic acids is 1. The van der Waals surface area contributed by atoms with E-state index >= 15 is 0 Å². The number of fused-ring (bicyclic) bond motifs is 2. The van der Waals surface area contributed by atoms with Crippen molar-refractivity contribution in [2.45, 2.75) is 33.2 Å². The van der Waals surface area contributed by atoms with E-state index in [-0.39, 0.29) is 18.4 Å². The Kier molecular flexibility index (Phi) is 4.61. The molecule has 1 fully saturated rings. The van der Waals surface area contributed by atoms with Gasteiger partial charge in [-0.15, -0.1) is 0 Å². The molecule has 148 valence electrons. The predicted molar refractivity (Wildman–Crippen MR) is 102 cm³/mol. The molecule has 28 heavy (non-hydrogen) atoms. The van der Waals surface area contributed by atoms with Gasteiger partial charge in [-0.05, 0) is 31.4 Å². The van der Waals surface area contributed by atoms with Crippen LogP contribution < -0.4 is 4.74 Å². The van der Waals surface area contributed by atoms with Crippen molar-refractivity contribution in [3.8, 4) is 5.75 Å². The highest BCUT2D eigenvalue weighted by Gasteiger charge is 2.55. The van der Waals surface area contributed by atoms with E-state index in [1.165, 1.54) is 0 Å². The number of amides is 1. The number of rotatable bonds is 4. The van der Waals surface area contributed by atoms with Gasteiger partial charge < -0.3 is 14.7 Å². The molecule has 2 aromatic rings. The van der Waals surface area contributed by atoms with Crippen molar-refractivity contribution in [3.63, 3.8) is 0 Å². The topological polar surface area (TPSA) is 84.7 Å². The van der Waals surface area contributed by atoms with Crippen LogP contribution in [0.2, 0.25) is 0 Å². The van der Waals surface area contributed by atoms with E-state index in [2.05, 4.69) is 12.0 Å². The third-order valence-electron chi connectivity index (χ3n) is 5.96. The van der Waals surface area contributed by atoms with E-state index in [0.29, 0.717) is 30.8 Å². The first-order valence-corrected chi connectivity index (χ1v) is 9.72. The standard InChI is InChI=1S/C21H25N3O4/c1-3-8-24-11-17(14(2)22-24)19(25)23-10-16-12-28-18-7-5-4-6-15(18)9-21(16,13-23)20(26)27/h4-7,11,16H,3,8-10,12-13H2,1-2H3,(H,26,27)/t16-,21+/m0/s1. The monoisotopic (exact) mass is 383 g/mol. The second-order valence-corrected chi connectivity index (χ2v) is 7.83. The average molecular weight is 383 g/mol. The lowest BCUT2D eigenvalue weighted by molar-refractivity contribution is -0.150. The number of hydrogen-bond acceptors (Lipinski definition) is 4. The molecule has 1 N–H and O–H groups in total. The largest absolute Gasteiger partial charge is 0.493 e. The molecular weight excluding hydrogens is 358 g/mol. The summed E-state index contributed by atoms with van der Waals surface area (Å²) in [6, 6.07) is 7.56. The highest BCUT2D eigenvalue weighted by Crippen LogP contribution is 2.44. The number of aliphatic carboxylic acids is 1. The third kappa shape index (κ3) is 2.95. The molecule has 2 atom stereocenters. The number of carbonyl (C=O) groups excluding carboxylic acids is 1. The Bertz CT molecular complexity index is 922. The van der Waals surface area contributed by atoms with E-state index in [4.69, 9.17) is 4.74 Å². The lowest BCUT2D eigenvalue weighted by Crippen LogP contribution is -2.42. The lowest BCUT2D eigenvalue weighted by atomic mass is 9.74. The molecule has 2 aliphatic rings. The molecule has 1 aromatic carbocycles. The van der Waals surface area contributed by atoms with Gasteiger partial charge in [0.1, 0.15) is 5.75 Å². The number of hydrogen-bond donors (Lipinski definition) is 1. The normalized spacial score (nSPS) is 23.5. The van der Waals surface area contributed by atoms with Crippen molar-refractivity contribution in [3.05, 3.63) is 47.3 Å². The zero-order valence-electron chi connectivity index (χ0n) is 16.2. The van der Waals surface area contributed by atoms with Gasteiger partial charge in [0.2, 0.25) is 0 Å². The second kappa shape index (κ2) is 6.96. The van der Waals surface area contributed by atoms with Crippen molar-refractivity contribution in [2.24, 2.45) is 11.3 Å². The van der Waals surface area contributed by atoms with Crippen LogP contribution in [0.1, 0.15) is 35.0 Å². The number of para-hydroxylation sites is 1. The van der Waals surface area contributed by atoms with Crippen LogP contribution in [-0.2, 0) is 17.8 Å². The Morgan fingerprint density at radius 2 is 2.14 bits per heavy atom. The first-order chi connectivity index (χ1) is 13.4. The molecule has 0 saturated carbocycles. The number of aromatic nitrogens is 2. The zero-order valence-corrected chi connectivity index (χ0v) is 16.2. The van der Waals surface area contributed by atoms with E-state index in [9.17, 15) is 14.7 Å². The molecule has 0 bridgehead atoms. The fraction of sp³-hybridized carbons (Fsp3) is 0.476. The number of aryl methyl sites for hydroxylation is 2. The number of benzene rings is 1. The lowest BCUT2D eigenvalue weighted by Gasteiger charge is -2.27. The molecule has 3 heterocycles. The van der Waals surface area contributed by atoms with E-state index < -0.39 is 11.4 Å². The van der Waals surface area contributed by atoms with Crippen molar-refractivity contribution >= 4 is 11.9 Å². The first kappa shape index (κ1) is 18.5. The van der Waals surface area contributed by atoms with Crippen LogP contribution in [0, 0.1) is 18.3 Å². The molecule has 1 aromatic heterocycles. The molecule has 1 amide bonds. The first-order valence-electron chi connectivity index (χ1n) is 9.72. The van der Waals surface area contributed by atoms with Crippen LogP contribution in [0.5, 0.6) is 5.75 Å². The summed E-state index contributed by atoms with van der Waals surface area (Å²) in [5.41, 5.74) is 1.08. The van der Waals surface area contributed by atoms with Crippen LogP contribution in [-0.4, -0.2) is 51.4 Å². The van der Waals surface area contributed by atoms with Crippen molar-refractivity contribution in [2.75, 3.05) is 19.7 Å². The molecule has 7 heteroatoms. The molecule has 1 saturated heterocycles. The van der Waals surface area contributed by atoms with Gasteiger partial charge in [0.15, 0.2) is 0 Å². The molecular formula is C21H25N3O4. The van der Waals surface area contributed by atoms with Gasteiger partial charge in [-0.3, -0.25) is 14.3 Å². The van der Waals surface area contributed by atoms with Crippen LogP contribution in [0.25, 0.3) is 0 Å². The number of carboxylic acid groups (broad SMARTS) is 1. The van der Waals surface area contributed by atoms with Crippen LogP contribution in [0.3, 0.4) is 0 Å². The SMILES string of the molecule is CCCn1cc(C(=O)N2C[C@H]3COc4ccccc4C[C@@]3(C(=O)O)C2)c(C)n1. The maximum atomic E-state index is 13.2. The molecule has 0 radical (unpaired) electrons. The maximum Gasteiger partial charge on any atom is 0.312 e. The number of likely N-dealkylation sites (tertiary alicyclic amines) is 1. The molecule has 4 rings (SSSR count). The maximum absolute atomic E-state index is 13.2. The summed E-state index contributed by atoms with van der Waals surface area (Å²) in [7, 11) is 0. The summed E-state index contributed by atoms with van der Waals surface area (Å²) in [5, 5.41) is 14.5. The van der Waals surface area contributed by atoms with Gasteiger partial charge in [0.25, 0.3) is 5.91 Å². The number of ether oxygens (including phenoxy) is 1. The number of nitrogens with zero attached hydrogens (tertiary/aromatic N) is 3. The Morgan fingerprint density at radius 1 is 1.36 bits per heavy atom. The van der Waals surface area contributed by atoms with Gasteiger partial charge in [0.05, 0.1) is 23.3 Å². The second-order valence-electron chi connectivity index (χ2n) is 7.83. The summed E-state index contributed by atoms with van der Waals surface area (Å²) in [6.45, 7) is 5.47. The quantitative estimate of drug-likeness (QED) is 0.876. The Balaban J connectivity index is 1.63. The summed E-state index contributed by atoms with van der Waals surface area (Å²) in [5.74, 6) is -0.534. The zero-order chi connectivity index (χ0) is 19.9. The smallest absolute Gasteiger partial charge is 0.312 e. The molecule has 2 aliphatic heterocycles. The van der Waals surface area contributed by atoms with Crippen LogP contribution in [0.15, 0.2) is 30.5 Å². The summed E-state index contributed by atoms with van der Waals surface area (Å²) in [4.78, 5) is 27.2. The van der Waals surface area contributed by atoms with E-state index in [1.54, 1.807) is 15.8 Å². The minimum absolute atomic E-state index is 0.151. The molecule has 0 aliphatic carbocycles. The van der Waals surface area contributed by atoms with Gasteiger partial charge >= 0.3 is 5.97 Å². The Labute approximate surface area is 163 Å². The fourth-order valence-corrected chi connectivity index (χ4v) is 4.42. The third-order valence-corrected chi connectivity index (χ3v) is 5.96. The van der Waals surface area contributed by atoms with Gasteiger partial charge in [-0.1, -0.05) is 25.1 Å². The van der Waals surface area contributed by atoms with Crippen molar-refractivity contribution in [1.82, 2.24) is 14.7 Å². The van der Waals surface area contributed by atoms with Gasteiger partial charge in [-0.25, -0.2) is 0 Å². The minimum atomic E-state index is -1.03. The Morgan fingerprint density at radius 3 is 2.89 bits per heavy atom. The molecule has 7 nitrogen and oxygen atoms in total. The molecule has 0 unspecified atom stereocenters. The van der Waals surface area contributed by atoms with Crippen molar-refractivity contribution < 1.29 is 19.4 Å². The van der Waals surface area contributed by atoms with Gasteiger partial charge in [0, 0.05) is 31.7 Å². The van der Waals surface area contributed by atoms with Gasteiger partial charge in [-0.2, -0.15) is 5.10 Å². The molecule has 0 spiro atoms. The predicted octanol–water partition coefficient (Wildman–Crippen LogP) is 2.38. The average Bonchev–Trinajstić information content (AvgIpc) is 3.17. The van der Waals surface area contributed by atoms with Crippen molar-refractivity contribution in [1.29, 1.82) is 0 Å². The number of carbonyl (C=O) groups is 2. The van der Waals surface area contributed by atoms with Crippen LogP contribution >= 0.6 is 0 Å². The Hall–Kier alpha value is -2.83. The van der Waals surface area contributed by atoms with E-state index in [0.717, 1.165) is 24.3 Å². The van der Waals surface area contributed by atoms with E-state index in [1.807, 2.05) is 31.2 Å². The summed E-state index contributed by atoms with van der Waals surface area (Å²) >= 11 is 0. The minimum Gasteiger partial charge on any atom is -0.493 e. The highest BCUT2D eigenvalue weighted by atomic mass is 16.5. The highest BCUT2D eigenvalue weighted by molar-refractivity contribution is 5.96. The summed E-state index contributed by atoms with van der Waals surface area (Å²) < 4.78 is 7.69. The van der Waals surface area contributed by atoms with Crippen LogP contribution in [0.4, 0.5) is 0 Å².